The van der Waals surface area contributed by atoms with E-state index in [0.717, 1.165) is 35.3 Å². The first-order valence-electron chi connectivity index (χ1n) is 10.7. The number of aliphatic carboxylic acids is 1. The van der Waals surface area contributed by atoms with Gasteiger partial charge in [0.1, 0.15) is 5.00 Å². The molecule has 2 aromatic rings. The van der Waals surface area contributed by atoms with E-state index in [1.807, 2.05) is 43.3 Å². The Labute approximate surface area is 184 Å². The van der Waals surface area contributed by atoms with Crippen molar-refractivity contribution in [2.24, 2.45) is 23.7 Å². The molecular weight excluding hydrogens is 412 g/mol. The minimum Gasteiger partial charge on any atom is -0.481 e. The molecule has 0 spiro atoms. The summed E-state index contributed by atoms with van der Waals surface area (Å²) < 4.78 is 0. The van der Waals surface area contributed by atoms with Gasteiger partial charge in [0.05, 0.1) is 17.4 Å². The third-order valence-corrected chi connectivity index (χ3v) is 7.95. The van der Waals surface area contributed by atoms with E-state index in [1.54, 1.807) is 0 Å². The quantitative estimate of drug-likeness (QED) is 0.611. The number of carboxylic acid groups (broad SMARTS) is 1. The molecule has 160 valence electrons. The molecule has 1 saturated carbocycles. The van der Waals surface area contributed by atoms with Crippen molar-refractivity contribution in [2.75, 3.05) is 10.6 Å². The largest absolute Gasteiger partial charge is 0.481 e. The average molecular weight is 437 g/mol. The van der Waals surface area contributed by atoms with Crippen molar-refractivity contribution in [3.05, 3.63) is 58.0 Å². The molecule has 3 aliphatic rings. The molecule has 3 N–H and O–H groups in total. The van der Waals surface area contributed by atoms with Gasteiger partial charge in [-0.2, -0.15) is 0 Å². The summed E-state index contributed by atoms with van der Waals surface area (Å²) in [4.78, 5) is 39.3. The lowest BCUT2D eigenvalue weighted by Crippen LogP contribution is -2.36. The van der Waals surface area contributed by atoms with Crippen LogP contribution < -0.4 is 10.6 Å². The highest BCUT2D eigenvalue weighted by Crippen LogP contribution is 2.49. The first-order valence-corrected chi connectivity index (χ1v) is 11.5. The summed E-state index contributed by atoms with van der Waals surface area (Å²) in [6.45, 7) is 1.99. The first-order chi connectivity index (χ1) is 14.9. The van der Waals surface area contributed by atoms with Crippen LogP contribution in [0.4, 0.5) is 10.7 Å². The van der Waals surface area contributed by atoms with Gasteiger partial charge in [-0.15, -0.1) is 11.3 Å². The average Bonchev–Trinajstić information content (AvgIpc) is 3.49. The highest BCUT2D eigenvalue weighted by atomic mass is 32.1. The Kier molecular flexibility index (Phi) is 4.93. The summed E-state index contributed by atoms with van der Waals surface area (Å²) in [6.07, 6.45) is 7.30. The molecule has 2 amide bonds. The maximum Gasteiger partial charge on any atom is 0.307 e. The molecule has 2 bridgehead atoms. The molecule has 1 fully saturated rings. The Morgan fingerprint density at radius 3 is 2.42 bits per heavy atom. The topological polar surface area (TPSA) is 95.5 Å². The van der Waals surface area contributed by atoms with Gasteiger partial charge in [0.2, 0.25) is 5.91 Å². The predicted octanol–water partition coefficient (Wildman–Crippen LogP) is 4.26. The number of aryl methyl sites for hydroxylation is 2. The number of fused-ring (bicyclic) bond motifs is 3. The van der Waals surface area contributed by atoms with Gasteiger partial charge in [0.15, 0.2) is 0 Å². The number of allylic oxidation sites excluding steroid dienone is 2. The highest BCUT2D eigenvalue weighted by Gasteiger charge is 2.51. The lowest BCUT2D eigenvalue weighted by Gasteiger charge is -2.23. The van der Waals surface area contributed by atoms with Crippen LogP contribution in [0.25, 0.3) is 0 Å². The number of nitrogens with one attached hydrogen (secondary N) is 2. The summed E-state index contributed by atoms with van der Waals surface area (Å²) in [6, 6.07) is 7.59. The second-order valence-electron chi connectivity index (χ2n) is 8.71. The molecule has 4 unspecified atom stereocenters. The molecule has 0 saturated heterocycles. The number of carbonyl (C=O) groups excluding carboxylic acids is 2. The minimum absolute atomic E-state index is 0.0530. The van der Waals surface area contributed by atoms with E-state index in [1.165, 1.54) is 11.3 Å². The van der Waals surface area contributed by atoms with Crippen LogP contribution in [0.5, 0.6) is 0 Å². The molecule has 7 heteroatoms. The second-order valence-corrected chi connectivity index (χ2v) is 9.81. The predicted molar refractivity (Wildman–Crippen MR) is 119 cm³/mol. The number of amides is 2. The van der Waals surface area contributed by atoms with Gasteiger partial charge in [-0.3, -0.25) is 14.4 Å². The number of hydrogen-bond donors (Lipinski definition) is 3. The molecule has 4 atom stereocenters. The molecule has 5 rings (SSSR count). The van der Waals surface area contributed by atoms with Crippen LogP contribution in [0.2, 0.25) is 0 Å². The summed E-state index contributed by atoms with van der Waals surface area (Å²) >= 11 is 1.45. The fourth-order valence-corrected chi connectivity index (χ4v) is 6.56. The van der Waals surface area contributed by atoms with E-state index in [0.29, 0.717) is 22.7 Å². The molecule has 3 aliphatic carbocycles. The van der Waals surface area contributed by atoms with Crippen LogP contribution in [0.3, 0.4) is 0 Å². The number of hydrogen-bond acceptors (Lipinski definition) is 4. The fourth-order valence-electron chi connectivity index (χ4n) is 5.27. The SMILES string of the molecule is Cc1ccc(NC(=O)c2c(NC(=O)C3C4C=CC(C4)C3C(=O)O)sc3c2CCC3)cc1. The van der Waals surface area contributed by atoms with Crippen LogP contribution in [0, 0.1) is 30.6 Å². The van der Waals surface area contributed by atoms with Crippen LogP contribution in [-0.4, -0.2) is 22.9 Å². The number of anilines is 2. The van der Waals surface area contributed by atoms with Crippen molar-refractivity contribution < 1.29 is 19.5 Å². The summed E-state index contributed by atoms with van der Waals surface area (Å²) in [5, 5.41) is 16.1. The van der Waals surface area contributed by atoms with Gasteiger partial charge in [-0.1, -0.05) is 29.8 Å². The van der Waals surface area contributed by atoms with Crippen LogP contribution >= 0.6 is 11.3 Å². The van der Waals surface area contributed by atoms with Crippen LogP contribution in [-0.2, 0) is 22.4 Å². The van der Waals surface area contributed by atoms with Gasteiger partial charge in [0, 0.05) is 10.6 Å². The van der Waals surface area contributed by atoms with Crippen LogP contribution in [0.15, 0.2) is 36.4 Å². The van der Waals surface area contributed by atoms with E-state index in [4.69, 9.17) is 0 Å². The Bertz CT molecular complexity index is 1100. The van der Waals surface area contributed by atoms with Crippen molar-refractivity contribution in [1.82, 2.24) is 0 Å². The van der Waals surface area contributed by atoms with Crippen molar-refractivity contribution in [3.8, 4) is 0 Å². The maximum atomic E-state index is 13.2. The number of carbonyl (C=O) groups is 3. The van der Waals surface area contributed by atoms with Gasteiger partial charge in [-0.05, 0) is 62.1 Å². The summed E-state index contributed by atoms with van der Waals surface area (Å²) in [5.41, 5.74) is 3.34. The zero-order chi connectivity index (χ0) is 21.7. The lowest BCUT2D eigenvalue weighted by atomic mass is 9.82. The first kappa shape index (κ1) is 20.0. The maximum absolute atomic E-state index is 13.2. The molecule has 31 heavy (non-hydrogen) atoms. The molecule has 6 nitrogen and oxygen atoms in total. The van der Waals surface area contributed by atoms with E-state index in [-0.39, 0.29) is 23.7 Å². The monoisotopic (exact) mass is 436 g/mol. The fraction of sp³-hybridized carbons (Fsp3) is 0.375. The lowest BCUT2D eigenvalue weighted by molar-refractivity contribution is -0.146. The molecular formula is C24H24N2O4S. The minimum atomic E-state index is -0.928. The normalized spacial score (nSPS) is 25.5. The van der Waals surface area contributed by atoms with E-state index in [9.17, 15) is 19.5 Å². The van der Waals surface area contributed by atoms with E-state index in [2.05, 4.69) is 10.6 Å². The molecule has 1 aromatic carbocycles. The van der Waals surface area contributed by atoms with E-state index >= 15 is 0 Å². The third-order valence-electron chi connectivity index (χ3n) is 6.74. The highest BCUT2D eigenvalue weighted by molar-refractivity contribution is 7.17. The molecule has 1 aromatic heterocycles. The van der Waals surface area contributed by atoms with Gasteiger partial charge >= 0.3 is 5.97 Å². The number of thiophene rings is 1. The zero-order valence-corrected chi connectivity index (χ0v) is 18.0. The van der Waals surface area contributed by atoms with E-state index < -0.39 is 17.8 Å². The molecule has 1 heterocycles. The van der Waals surface area contributed by atoms with Gasteiger partial charge < -0.3 is 15.7 Å². The number of carboxylic acids is 1. The summed E-state index contributed by atoms with van der Waals surface area (Å²) in [7, 11) is 0. The smallest absolute Gasteiger partial charge is 0.307 e. The Hall–Kier alpha value is -2.93. The van der Waals surface area contributed by atoms with Gasteiger partial charge in [0.25, 0.3) is 5.91 Å². The molecule has 0 aliphatic heterocycles. The van der Waals surface area contributed by atoms with Crippen molar-refractivity contribution >= 4 is 39.8 Å². The molecule has 0 radical (unpaired) electrons. The van der Waals surface area contributed by atoms with Gasteiger partial charge in [-0.25, -0.2) is 0 Å². The van der Waals surface area contributed by atoms with Crippen molar-refractivity contribution in [1.29, 1.82) is 0 Å². The number of rotatable bonds is 5. The summed E-state index contributed by atoms with van der Waals surface area (Å²) in [5.74, 6) is -2.90. The second kappa shape index (κ2) is 7.64. The standard InChI is InChI=1S/C24H24N2O4S/c1-12-5-9-15(10-6-12)25-22(28)20-16-3-2-4-17(16)31-23(20)26-21(27)18-13-7-8-14(11-13)19(18)24(29)30/h5-10,13-14,18-19H,2-4,11H2,1H3,(H,25,28)(H,26,27)(H,29,30). The number of benzene rings is 1. The van der Waals surface area contributed by atoms with Crippen LogP contribution in [0.1, 0.15) is 39.2 Å². The Morgan fingerprint density at radius 2 is 1.71 bits per heavy atom. The van der Waals surface area contributed by atoms with Crippen molar-refractivity contribution in [2.45, 2.75) is 32.6 Å². The Morgan fingerprint density at radius 1 is 1.00 bits per heavy atom. The Balaban J connectivity index is 1.42. The third kappa shape index (κ3) is 3.47. The zero-order valence-electron chi connectivity index (χ0n) is 17.2. The van der Waals surface area contributed by atoms with Crippen molar-refractivity contribution in [3.63, 3.8) is 0 Å².